The summed E-state index contributed by atoms with van der Waals surface area (Å²) in [6.45, 7) is 13.0. The van der Waals surface area contributed by atoms with Crippen LogP contribution in [0.4, 0.5) is 0 Å². The molecule has 5 rings (SSSR count). The van der Waals surface area contributed by atoms with Crippen LogP contribution >= 0.6 is 23.5 Å². The van der Waals surface area contributed by atoms with Gasteiger partial charge in [0.25, 0.3) is 0 Å². The largest absolute Gasteiger partial charge is 0.143 e. The van der Waals surface area contributed by atoms with Crippen molar-refractivity contribution >= 4 is 23.5 Å². The quantitative estimate of drug-likeness (QED) is 0.399. The second kappa shape index (κ2) is 8.73. The Balaban J connectivity index is 1.38. The van der Waals surface area contributed by atoms with Crippen molar-refractivity contribution in [2.75, 3.05) is 11.5 Å². The number of thioether (sulfide) groups is 2. The van der Waals surface area contributed by atoms with Crippen LogP contribution in [-0.2, 0) is 0 Å². The fourth-order valence-electron chi connectivity index (χ4n) is 10.2. The molecule has 0 aromatic carbocycles. The van der Waals surface area contributed by atoms with Gasteiger partial charge in [0, 0.05) is 11.5 Å². The predicted octanol–water partition coefficient (Wildman–Crippen LogP) is 9.28. The van der Waals surface area contributed by atoms with E-state index in [1.54, 1.807) is 38.5 Å². The van der Waals surface area contributed by atoms with Crippen molar-refractivity contribution < 1.29 is 0 Å². The molecule has 31 heavy (non-hydrogen) atoms. The molecule has 5 aliphatic rings. The maximum absolute atomic E-state index is 2.79. The Morgan fingerprint density at radius 1 is 0.806 bits per heavy atom. The summed E-state index contributed by atoms with van der Waals surface area (Å²) in [7, 11) is 0. The van der Waals surface area contributed by atoms with E-state index in [4.69, 9.17) is 0 Å². The highest BCUT2D eigenvalue weighted by Gasteiger charge is 2.66. The van der Waals surface area contributed by atoms with Crippen molar-refractivity contribution in [1.82, 2.24) is 0 Å². The van der Waals surface area contributed by atoms with Crippen LogP contribution in [0.5, 0.6) is 0 Å². The Bertz CT molecular complexity index is 637. The maximum atomic E-state index is 2.79. The number of hydrogen-bond donors (Lipinski definition) is 0. The predicted molar refractivity (Wildman–Crippen MR) is 141 cm³/mol. The van der Waals surface area contributed by atoms with Gasteiger partial charge in [-0.25, -0.2) is 0 Å². The summed E-state index contributed by atoms with van der Waals surface area (Å²) in [6.07, 6.45) is 18.3. The molecule has 1 heterocycles. The third-order valence-electron chi connectivity index (χ3n) is 11.6. The zero-order chi connectivity index (χ0) is 21.9. The van der Waals surface area contributed by atoms with Crippen LogP contribution in [0.15, 0.2) is 0 Å². The molecule has 0 nitrogen and oxygen atoms in total. The zero-order valence-corrected chi connectivity index (χ0v) is 22.9. The molecule has 8 atom stereocenters. The van der Waals surface area contributed by atoms with Crippen LogP contribution in [0, 0.1) is 52.3 Å². The van der Waals surface area contributed by atoms with Crippen molar-refractivity contribution in [3.05, 3.63) is 0 Å². The van der Waals surface area contributed by atoms with Gasteiger partial charge in [0.05, 0.1) is 4.08 Å². The molecule has 1 aliphatic heterocycles. The van der Waals surface area contributed by atoms with Crippen molar-refractivity contribution in [3.8, 4) is 0 Å². The van der Waals surface area contributed by atoms with E-state index in [1.165, 1.54) is 50.0 Å². The third-order valence-corrected chi connectivity index (χ3v) is 15.2. The van der Waals surface area contributed by atoms with Crippen LogP contribution in [0.2, 0.25) is 0 Å². The first-order chi connectivity index (χ1) is 14.8. The summed E-state index contributed by atoms with van der Waals surface area (Å²) < 4.78 is 0.593. The van der Waals surface area contributed by atoms with Gasteiger partial charge in [-0.2, -0.15) is 0 Å². The zero-order valence-electron chi connectivity index (χ0n) is 21.3. The molecular weight excluding hydrogens is 412 g/mol. The highest BCUT2D eigenvalue weighted by atomic mass is 32.2. The van der Waals surface area contributed by atoms with Gasteiger partial charge < -0.3 is 0 Å². The van der Waals surface area contributed by atoms with E-state index in [-0.39, 0.29) is 0 Å². The average Bonchev–Trinajstić information content (AvgIpc) is 3.32. The fraction of sp³-hybridized carbons (Fsp3) is 1.00. The first-order valence-electron chi connectivity index (χ1n) is 14.1. The maximum Gasteiger partial charge on any atom is 0.0647 e. The Labute approximate surface area is 202 Å². The normalized spacial score (nSPS) is 47.2. The average molecular weight is 463 g/mol. The molecule has 178 valence electrons. The van der Waals surface area contributed by atoms with Crippen molar-refractivity contribution in [2.45, 2.75) is 116 Å². The Morgan fingerprint density at radius 3 is 2.29 bits per heavy atom. The summed E-state index contributed by atoms with van der Waals surface area (Å²) in [4.78, 5) is 0. The van der Waals surface area contributed by atoms with Gasteiger partial charge in [0.15, 0.2) is 0 Å². The van der Waals surface area contributed by atoms with Crippen LogP contribution in [0.25, 0.3) is 0 Å². The Kier molecular flexibility index (Phi) is 6.60. The van der Waals surface area contributed by atoms with Gasteiger partial charge in [-0.1, -0.05) is 66.7 Å². The fourth-order valence-corrected chi connectivity index (χ4v) is 14.2. The molecule has 0 amide bonds. The molecule has 2 heteroatoms. The van der Waals surface area contributed by atoms with Gasteiger partial charge >= 0.3 is 0 Å². The molecule has 5 fully saturated rings. The van der Waals surface area contributed by atoms with Crippen LogP contribution in [0.1, 0.15) is 112 Å². The molecule has 0 aromatic heterocycles. The number of hydrogen-bond acceptors (Lipinski definition) is 2. The van der Waals surface area contributed by atoms with E-state index in [1.807, 2.05) is 0 Å². The summed E-state index contributed by atoms with van der Waals surface area (Å²) in [5, 5.41) is 0. The van der Waals surface area contributed by atoms with E-state index in [2.05, 4.69) is 58.1 Å². The lowest BCUT2D eigenvalue weighted by molar-refractivity contribution is -0.115. The van der Waals surface area contributed by atoms with E-state index < -0.39 is 0 Å². The van der Waals surface area contributed by atoms with Gasteiger partial charge in [0.2, 0.25) is 0 Å². The van der Waals surface area contributed by atoms with E-state index in [9.17, 15) is 0 Å². The van der Waals surface area contributed by atoms with E-state index >= 15 is 0 Å². The van der Waals surface area contributed by atoms with Crippen LogP contribution < -0.4 is 0 Å². The number of rotatable bonds is 5. The minimum absolute atomic E-state index is 0.593. The highest BCUT2D eigenvalue weighted by Crippen LogP contribution is 2.74. The first kappa shape index (κ1) is 23.4. The molecule has 4 aliphatic carbocycles. The topological polar surface area (TPSA) is 0 Å². The molecular formula is C29H50S2. The molecule has 1 saturated heterocycles. The standard InChI is InChI=1S/C29H50S2/c1-20(2)9-8-10-21(3)23-12-13-24-22-19-29(30-17-18-31-29)26-11-6-7-15-28(26,5)25(22)14-16-27(23,24)4/h20-26H,6-19H2,1-5H3. The van der Waals surface area contributed by atoms with Crippen LogP contribution in [0.3, 0.4) is 0 Å². The van der Waals surface area contributed by atoms with Crippen molar-refractivity contribution in [2.24, 2.45) is 52.3 Å². The summed E-state index contributed by atoms with van der Waals surface area (Å²) in [6, 6.07) is 0. The molecule has 8 unspecified atom stereocenters. The molecule has 0 radical (unpaired) electrons. The minimum Gasteiger partial charge on any atom is -0.143 e. The lowest BCUT2D eigenvalue weighted by Gasteiger charge is -2.65. The Morgan fingerprint density at radius 2 is 1.55 bits per heavy atom. The van der Waals surface area contributed by atoms with Gasteiger partial charge in [-0.05, 0) is 97.2 Å². The second-order valence-corrected chi connectivity index (χ2v) is 16.5. The SMILES string of the molecule is CC(C)CCCC(C)C1CCC2C3CC4(SCCS4)C4CCCCC4(C)C3CCC12C. The minimum atomic E-state index is 0.593. The Hall–Kier alpha value is 0.700. The van der Waals surface area contributed by atoms with E-state index in [0.717, 1.165) is 41.4 Å². The lowest BCUT2D eigenvalue weighted by atomic mass is 9.44. The molecule has 0 N–H and O–H groups in total. The van der Waals surface area contributed by atoms with Crippen LogP contribution in [-0.4, -0.2) is 15.6 Å². The highest BCUT2D eigenvalue weighted by molar-refractivity contribution is 8.21. The molecule has 0 aromatic rings. The van der Waals surface area contributed by atoms with Crippen molar-refractivity contribution in [3.63, 3.8) is 0 Å². The summed E-state index contributed by atoms with van der Waals surface area (Å²) in [5.41, 5.74) is 1.29. The second-order valence-electron chi connectivity index (χ2n) is 13.4. The number of fused-ring (bicyclic) bond motifs is 6. The summed E-state index contributed by atoms with van der Waals surface area (Å²) >= 11 is 4.85. The molecule has 1 spiro atoms. The monoisotopic (exact) mass is 462 g/mol. The molecule has 0 bridgehead atoms. The summed E-state index contributed by atoms with van der Waals surface area (Å²) in [5.74, 6) is 9.77. The van der Waals surface area contributed by atoms with Gasteiger partial charge in [-0.3, -0.25) is 0 Å². The third kappa shape index (κ3) is 3.79. The van der Waals surface area contributed by atoms with Crippen molar-refractivity contribution in [1.29, 1.82) is 0 Å². The van der Waals surface area contributed by atoms with E-state index in [0.29, 0.717) is 14.9 Å². The first-order valence-corrected chi connectivity index (χ1v) is 16.1. The van der Waals surface area contributed by atoms with Gasteiger partial charge in [0.1, 0.15) is 0 Å². The molecule has 4 saturated carbocycles. The smallest absolute Gasteiger partial charge is 0.0647 e. The lowest BCUT2D eigenvalue weighted by Crippen LogP contribution is -2.59. The van der Waals surface area contributed by atoms with Gasteiger partial charge in [-0.15, -0.1) is 23.5 Å².